The van der Waals surface area contributed by atoms with Crippen LogP contribution in [-0.2, 0) is 0 Å². The minimum absolute atomic E-state index is 0.0365. The van der Waals surface area contributed by atoms with Crippen LogP contribution in [0.5, 0.6) is 0 Å². The third-order valence-electron chi connectivity index (χ3n) is 4.56. The van der Waals surface area contributed by atoms with Crippen LogP contribution in [0.25, 0.3) is 0 Å². The Morgan fingerprint density at radius 3 is 1.79 bits per heavy atom. The molecule has 144 valence electrons. The van der Waals surface area contributed by atoms with Crippen molar-refractivity contribution < 1.29 is 0 Å². The standard InChI is InChI=1S/C27H22Br2/c1-27(2,3)24(22-12-5-4-6-13-22)19-17-21-11-8-7-10-20(21)16-18-23-25(28)14-9-15-26(23)29/h4-15,24H,1-3H3. The third-order valence-corrected chi connectivity index (χ3v) is 5.88. The first-order chi connectivity index (χ1) is 13.9. The van der Waals surface area contributed by atoms with E-state index in [0.717, 1.165) is 25.6 Å². The van der Waals surface area contributed by atoms with E-state index in [1.54, 1.807) is 0 Å². The molecule has 0 saturated carbocycles. The van der Waals surface area contributed by atoms with Gasteiger partial charge in [-0.25, -0.2) is 0 Å². The first-order valence-corrected chi connectivity index (χ1v) is 11.1. The highest BCUT2D eigenvalue weighted by Gasteiger charge is 2.24. The van der Waals surface area contributed by atoms with Crippen LogP contribution in [0.1, 0.15) is 48.9 Å². The molecule has 0 nitrogen and oxygen atoms in total. The first-order valence-electron chi connectivity index (χ1n) is 9.48. The van der Waals surface area contributed by atoms with Gasteiger partial charge in [0, 0.05) is 20.1 Å². The summed E-state index contributed by atoms with van der Waals surface area (Å²) in [5, 5.41) is 0. The van der Waals surface area contributed by atoms with Gasteiger partial charge in [-0.3, -0.25) is 0 Å². The van der Waals surface area contributed by atoms with Gasteiger partial charge in [0.25, 0.3) is 0 Å². The summed E-state index contributed by atoms with van der Waals surface area (Å²) in [5.74, 6) is 13.6. The summed E-state index contributed by atoms with van der Waals surface area (Å²) in [7, 11) is 0. The highest BCUT2D eigenvalue weighted by atomic mass is 79.9. The molecule has 1 unspecified atom stereocenters. The SMILES string of the molecule is CC(C)(C)C(C#Cc1ccccc1C#Cc1c(Br)cccc1Br)c1ccccc1. The predicted molar refractivity (Wildman–Crippen MR) is 130 cm³/mol. The monoisotopic (exact) mass is 504 g/mol. The summed E-state index contributed by atoms with van der Waals surface area (Å²) in [6, 6.07) is 24.5. The Hall–Kier alpha value is -2.26. The van der Waals surface area contributed by atoms with Gasteiger partial charge in [0.1, 0.15) is 0 Å². The third kappa shape index (κ3) is 5.63. The van der Waals surface area contributed by atoms with Crippen LogP contribution in [0.4, 0.5) is 0 Å². The molecule has 0 spiro atoms. The molecule has 0 fully saturated rings. The Kier molecular flexibility index (Phi) is 7.02. The Labute approximate surface area is 191 Å². The summed E-state index contributed by atoms with van der Waals surface area (Å²) >= 11 is 7.15. The number of halogens is 2. The van der Waals surface area contributed by atoms with Gasteiger partial charge in [0.15, 0.2) is 0 Å². The van der Waals surface area contributed by atoms with E-state index in [9.17, 15) is 0 Å². The minimum Gasteiger partial charge on any atom is -0.0891 e. The fourth-order valence-electron chi connectivity index (χ4n) is 3.04. The van der Waals surface area contributed by atoms with Crippen LogP contribution in [0.2, 0.25) is 0 Å². The summed E-state index contributed by atoms with van der Waals surface area (Å²) in [6.07, 6.45) is 0. The van der Waals surface area contributed by atoms with E-state index in [4.69, 9.17) is 0 Å². The summed E-state index contributed by atoms with van der Waals surface area (Å²) < 4.78 is 1.94. The molecule has 0 aliphatic rings. The van der Waals surface area contributed by atoms with Crippen molar-refractivity contribution in [3.63, 3.8) is 0 Å². The smallest absolute Gasteiger partial charge is 0.0533 e. The highest BCUT2D eigenvalue weighted by Crippen LogP contribution is 2.34. The molecule has 29 heavy (non-hydrogen) atoms. The van der Waals surface area contributed by atoms with E-state index in [1.165, 1.54) is 5.56 Å². The number of hydrogen-bond acceptors (Lipinski definition) is 0. The molecule has 0 aliphatic carbocycles. The van der Waals surface area contributed by atoms with E-state index in [-0.39, 0.29) is 11.3 Å². The quantitative estimate of drug-likeness (QED) is 0.296. The Balaban J connectivity index is 2.00. The molecule has 0 saturated heterocycles. The maximum Gasteiger partial charge on any atom is 0.0533 e. The molecular formula is C27H22Br2. The van der Waals surface area contributed by atoms with E-state index in [2.05, 4.69) is 101 Å². The van der Waals surface area contributed by atoms with Crippen molar-refractivity contribution in [2.75, 3.05) is 0 Å². The summed E-state index contributed by atoms with van der Waals surface area (Å²) in [5.41, 5.74) is 4.10. The predicted octanol–water partition coefficient (Wildman–Crippen LogP) is 7.79. The van der Waals surface area contributed by atoms with Crippen molar-refractivity contribution in [2.24, 2.45) is 5.41 Å². The maximum atomic E-state index is 3.58. The van der Waals surface area contributed by atoms with Gasteiger partial charge in [0.2, 0.25) is 0 Å². The first kappa shape index (κ1) is 21.4. The lowest BCUT2D eigenvalue weighted by Gasteiger charge is -2.26. The molecular weight excluding hydrogens is 484 g/mol. The van der Waals surface area contributed by atoms with Gasteiger partial charge in [-0.05, 0) is 67.1 Å². The number of hydrogen-bond donors (Lipinski definition) is 0. The zero-order valence-corrected chi connectivity index (χ0v) is 19.9. The van der Waals surface area contributed by atoms with Gasteiger partial charge >= 0.3 is 0 Å². The van der Waals surface area contributed by atoms with Crippen molar-refractivity contribution in [2.45, 2.75) is 26.7 Å². The molecule has 0 aromatic heterocycles. The topological polar surface area (TPSA) is 0 Å². The molecule has 1 atom stereocenters. The van der Waals surface area contributed by atoms with E-state index >= 15 is 0 Å². The van der Waals surface area contributed by atoms with Gasteiger partial charge in [-0.15, -0.1) is 0 Å². The van der Waals surface area contributed by atoms with E-state index in [1.807, 2.05) is 48.5 Å². The van der Waals surface area contributed by atoms with Crippen molar-refractivity contribution in [3.8, 4) is 23.7 Å². The lowest BCUT2D eigenvalue weighted by atomic mass is 9.77. The summed E-state index contributed by atoms with van der Waals surface area (Å²) in [4.78, 5) is 0. The highest BCUT2D eigenvalue weighted by molar-refractivity contribution is 9.11. The molecule has 0 bridgehead atoms. The molecule has 2 heteroatoms. The summed E-state index contributed by atoms with van der Waals surface area (Å²) in [6.45, 7) is 6.69. The molecule has 3 aromatic carbocycles. The van der Waals surface area contributed by atoms with Crippen LogP contribution in [0.3, 0.4) is 0 Å². The molecule has 0 amide bonds. The second kappa shape index (κ2) is 9.49. The average molecular weight is 506 g/mol. The van der Waals surface area contributed by atoms with E-state index < -0.39 is 0 Å². The normalized spacial score (nSPS) is 11.6. The molecule has 0 radical (unpaired) electrons. The van der Waals surface area contributed by atoms with Gasteiger partial charge in [0.05, 0.1) is 11.5 Å². The van der Waals surface area contributed by atoms with Crippen LogP contribution in [-0.4, -0.2) is 0 Å². The Bertz CT molecular complexity index is 1090. The second-order valence-electron chi connectivity index (χ2n) is 7.87. The van der Waals surface area contributed by atoms with Crippen molar-refractivity contribution in [1.29, 1.82) is 0 Å². The second-order valence-corrected chi connectivity index (χ2v) is 9.58. The van der Waals surface area contributed by atoms with Gasteiger partial charge < -0.3 is 0 Å². The molecule has 3 rings (SSSR count). The zero-order chi connectivity index (χ0) is 20.9. The molecule has 0 heterocycles. The Morgan fingerprint density at radius 2 is 1.21 bits per heavy atom. The molecule has 3 aromatic rings. The van der Waals surface area contributed by atoms with Crippen LogP contribution in [0, 0.1) is 29.1 Å². The molecule has 0 N–H and O–H groups in total. The fourth-order valence-corrected chi connectivity index (χ4v) is 4.24. The van der Waals surface area contributed by atoms with Crippen molar-refractivity contribution >= 4 is 31.9 Å². The van der Waals surface area contributed by atoms with Crippen molar-refractivity contribution in [1.82, 2.24) is 0 Å². The van der Waals surface area contributed by atoms with Crippen LogP contribution < -0.4 is 0 Å². The Morgan fingerprint density at radius 1 is 0.655 bits per heavy atom. The van der Waals surface area contributed by atoms with Crippen LogP contribution >= 0.6 is 31.9 Å². The number of benzene rings is 3. The zero-order valence-electron chi connectivity index (χ0n) is 16.8. The number of rotatable bonds is 1. The lowest BCUT2D eigenvalue weighted by molar-refractivity contribution is 0.375. The maximum absolute atomic E-state index is 3.58. The largest absolute Gasteiger partial charge is 0.0891 e. The average Bonchev–Trinajstić information content (AvgIpc) is 2.68. The fraction of sp³-hybridized carbons (Fsp3) is 0.185. The van der Waals surface area contributed by atoms with Gasteiger partial charge in [-0.1, -0.05) is 93.0 Å². The van der Waals surface area contributed by atoms with Gasteiger partial charge in [-0.2, -0.15) is 0 Å². The minimum atomic E-state index is 0.0365. The molecule has 0 aliphatic heterocycles. The van der Waals surface area contributed by atoms with E-state index in [0.29, 0.717) is 0 Å². The lowest BCUT2D eigenvalue weighted by Crippen LogP contribution is -2.16. The van der Waals surface area contributed by atoms with Crippen molar-refractivity contribution in [3.05, 3.63) is 104 Å². The van der Waals surface area contributed by atoms with Crippen LogP contribution in [0.15, 0.2) is 81.7 Å².